The number of nitrogens with one attached hydrogen (secondary N) is 1. The standard InChI is InChI=1S/C28H23ClN6O5S2/c1-40-21-8-3-2-5-15(21)23-17(12-30)25(31)35(19-6-4-7-20(36)24(19)23)27-33-34-28(42-27)41-13-22(37)32-14-9-10-18(29)16(11-14)26(38)39/h2-3,5,8-11,23H,4,6-7,13,31H2,1H3,(H,32,37)(H,38,39). The summed E-state index contributed by atoms with van der Waals surface area (Å²) in [6.07, 6.45) is 1.53. The van der Waals surface area contributed by atoms with Crippen molar-refractivity contribution in [2.45, 2.75) is 29.5 Å². The van der Waals surface area contributed by atoms with Crippen molar-refractivity contribution in [1.82, 2.24) is 10.2 Å². The molecule has 214 valence electrons. The zero-order chi connectivity index (χ0) is 30.0. The summed E-state index contributed by atoms with van der Waals surface area (Å²) >= 11 is 8.19. The van der Waals surface area contributed by atoms with E-state index in [4.69, 9.17) is 22.1 Å². The number of benzene rings is 2. The van der Waals surface area contributed by atoms with E-state index in [9.17, 15) is 24.8 Å². The molecule has 0 fully saturated rings. The second-order valence-corrected chi connectivity index (χ2v) is 11.8. The number of methoxy groups -OCH3 is 1. The van der Waals surface area contributed by atoms with E-state index in [0.29, 0.717) is 57.0 Å². The van der Waals surface area contributed by atoms with Gasteiger partial charge in [-0.3, -0.25) is 14.5 Å². The zero-order valence-electron chi connectivity index (χ0n) is 22.1. The quantitative estimate of drug-likeness (QED) is 0.291. The van der Waals surface area contributed by atoms with E-state index in [2.05, 4.69) is 21.6 Å². The highest BCUT2D eigenvalue weighted by Gasteiger charge is 2.42. The molecule has 0 spiro atoms. The molecular weight excluding hydrogens is 600 g/mol. The van der Waals surface area contributed by atoms with Crippen molar-refractivity contribution in [3.05, 3.63) is 81.3 Å². The van der Waals surface area contributed by atoms with E-state index < -0.39 is 11.9 Å². The Balaban J connectivity index is 1.40. The van der Waals surface area contributed by atoms with E-state index in [1.54, 1.807) is 11.0 Å². The molecule has 1 aliphatic heterocycles. The number of rotatable bonds is 8. The number of nitrogens with zero attached hydrogens (tertiary/aromatic N) is 4. The van der Waals surface area contributed by atoms with Crippen LogP contribution >= 0.6 is 34.7 Å². The van der Waals surface area contributed by atoms with Gasteiger partial charge in [0.15, 0.2) is 10.1 Å². The van der Waals surface area contributed by atoms with Gasteiger partial charge in [0.05, 0.1) is 41.0 Å². The van der Waals surface area contributed by atoms with Crippen molar-refractivity contribution in [2.24, 2.45) is 5.73 Å². The largest absolute Gasteiger partial charge is 0.496 e. The Morgan fingerprint density at radius 3 is 2.81 bits per heavy atom. The smallest absolute Gasteiger partial charge is 0.337 e. The number of aromatic carboxylic acids is 1. The number of carbonyl (C=O) groups is 3. The molecule has 42 heavy (non-hydrogen) atoms. The number of thioether (sulfide) groups is 1. The van der Waals surface area contributed by atoms with Crippen LogP contribution in [0.3, 0.4) is 0 Å². The first-order valence-electron chi connectivity index (χ1n) is 12.6. The van der Waals surface area contributed by atoms with Crippen molar-refractivity contribution >= 4 is 63.2 Å². The third-order valence-corrected chi connectivity index (χ3v) is 9.13. The van der Waals surface area contributed by atoms with Crippen LogP contribution in [0.15, 0.2) is 69.5 Å². The maximum atomic E-state index is 13.3. The van der Waals surface area contributed by atoms with Gasteiger partial charge in [-0.05, 0) is 37.1 Å². The molecule has 2 heterocycles. The van der Waals surface area contributed by atoms with Gasteiger partial charge in [-0.25, -0.2) is 4.79 Å². The lowest BCUT2D eigenvalue weighted by molar-refractivity contribution is -0.116. The Bertz CT molecular complexity index is 1710. The monoisotopic (exact) mass is 622 g/mol. The Morgan fingerprint density at radius 2 is 2.07 bits per heavy atom. The summed E-state index contributed by atoms with van der Waals surface area (Å²) in [6.45, 7) is 0. The molecule has 5 rings (SSSR count). The number of para-hydroxylation sites is 1. The minimum atomic E-state index is -1.20. The van der Waals surface area contributed by atoms with Crippen molar-refractivity contribution in [3.8, 4) is 11.8 Å². The summed E-state index contributed by atoms with van der Waals surface area (Å²) in [5.74, 6) is -1.66. The predicted molar refractivity (Wildman–Crippen MR) is 159 cm³/mol. The molecule has 14 heteroatoms. The van der Waals surface area contributed by atoms with Crippen LogP contribution in [0.1, 0.15) is 41.1 Å². The van der Waals surface area contributed by atoms with Crippen molar-refractivity contribution < 1.29 is 24.2 Å². The van der Waals surface area contributed by atoms with Gasteiger partial charge in [0, 0.05) is 28.9 Å². The minimum absolute atomic E-state index is 0.0310. The van der Waals surface area contributed by atoms with Gasteiger partial charge < -0.3 is 20.9 Å². The number of nitriles is 1. The van der Waals surface area contributed by atoms with Crippen molar-refractivity contribution in [3.63, 3.8) is 0 Å². The Hall–Kier alpha value is -4.38. The number of ketones is 1. The Morgan fingerprint density at radius 1 is 1.29 bits per heavy atom. The number of Topliss-reactive ketones (excluding diaryl/α,β-unsaturated/α-hetero) is 1. The molecule has 0 bridgehead atoms. The molecule has 0 radical (unpaired) electrons. The summed E-state index contributed by atoms with van der Waals surface area (Å²) in [5, 5.41) is 31.0. The van der Waals surface area contributed by atoms with E-state index >= 15 is 0 Å². The second-order valence-electron chi connectivity index (χ2n) is 9.25. The topological polar surface area (TPSA) is 172 Å². The van der Waals surface area contributed by atoms with Crippen LogP contribution in [0.5, 0.6) is 5.75 Å². The third kappa shape index (κ3) is 5.56. The molecule has 1 amide bonds. The summed E-state index contributed by atoms with van der Waals surface area (Å²) < 4.78 is 6.02. The maximum absolute atomic E-state index is 13.3. The van der Waals surface area contributed by atoms with Gasteiger partial charge >= 0.3 is 5.97 Å². The molecule has 11 nitrogen and oxygen atoms in total. The first kappa shape index (κ1) is 29.1. The number of ether oxygens (including phenoxy) is 1. The Labute approximate surface area is 253 Å². The number of amides is 1. The van der Waals surface area contributed by atoms with E-state index in [1.807, 2.05) is 18.2 Å². The molecule has 1 aliphatic carbocycles. The van der Waals surface area contributed by atoms with Gasteiger partial charge in [-0.1, -0.05) is 52.9 Å². The van der Waals surface area contributed by atoms with E-state index in [-0.39, 0.29) is 39.4 Å². The molecule has 2 aromatic carbocycles. The summed E-state index contributed by atoms with van der Waals surface area (Å²) in [5.41, 5.74) is 8.83. The van der Waals surface area contributed by atoms with E-state index in [0.717, 1.165) is 11.8 Å². The molecule has 3 aromatic rings. The third-order valence-electron chi connectivity index (χ3n) is 6.76. The molecule has 0 saturated carbocycles. The van der Waals surface area contributed by atoms with Crippen LogP contribution < -0.4 is 20.7 Å². The maximum Gasteiger partial charge on any atom is 0.337 e. The molecular formula is C28H23ClN6O5S2. The second kappa shape index (κ2) is 12.2. The number of aromatic nitrogens is 2. The number of carboxylic acid groups (broad SMARTS) is 1. The number of nitrogens with two attached hydrogens (primary N) is 1. The lowest BCUT2D eigenvalue weighted by atomic mass is 9.75. The zero-order valence-corrected chi connectivity index (χ0v) is 24.5. The molecule has 2 aliphatic rings. The highest BCUT2D eigenvalue weighted by Crippen LogP contribution is 2.48. The molecule has 4 N–H and O–H groups in total. The van der Waals surface area contributed by atoms with Crippen molar-refractivity contribution in [2.75, 3.05) is 23.1 Å². The van der Waals surface area contributed by atoms with Gasteiger partial charge in [0.2, 0.25) is 11.0 Å². The van der Waals surface area contributed by atoms with Crippen molar-refractivity contribution in [1.29, 1.82) is 5.26 Å². The van der Waals surface area contributed by atoms with Gasteiger partial charge in [-0.15, -0.1) is 10.2 Å². The van der Waals surface area contributed by atoms with Crippen LogP contribution in [0.25, 0.3) is 0 Å². The normalized spacial score (nSPS) is 16.6. The fourth-order valence-corrected chi connectivity index (χ4v) is 6.84. The number of hydrogen-bond donors (Lipinski definition) is 3. The number of carboxylic acids is 1. The van der Waals surface area contributed by atoms with Gasteiger partial charge in [-0.2, -0.15) is 5.26 Å². The summed E-state index contributed by atoms with van der Waals surface area (Å²) in [6, 6.07) is 13.7. The molecule has 1 aromatic heterocycles. The number of halogens is 1. The number of hydrogen-bond acceptors (Lipinski definition) is 11. The van der Waals surface area contributed by atoms with Crippen LogP contribution in [-0.4, -0.2) is 45.8 Å². The average molecular weight is 623 g/mol. The average Bonchev–Trinajstić information content (AvgIpc) is 3.45. The van der Waals surface area contributed by atoms with E-state index in [1.165, 1.54) is 36.6 Å². The van der Waals surface area contributed by atoms with Gasteiger partial charge in [0.1, 0.15) is 11.6 Å². The molecule has 1 unspecified atom stereocenters. The number of carbonyl (C=O) groups excluding carboxylic acids is 2. The van der Waals surface area contributed by atoms with Gasteiger partial charge in [0.25, 0.3) is 0 Å². The lowest BCUT2D eigenvalue weighted by Gasteiger charge is -2.38. The fraction of sp³-hybridized carbons (Fsp3) is 0.214. The minimum Gasteiger partial charge on any atom is -0.496 e. The number of allylic oxidation sites excluding steroid dienone is 3. The van der Waals surface area contributed by atoms with Crippen LogP contribution in [0.4, 0.5) is 10.8 Å². The Kier molecular flexibility index (Phi) is 8.49. The first-order chi connectivity index (χ1) is 20.2. The highest BCUT2D eigenvalue weighted by atomic mass is 35.5. The lowest BCUT2D eigenvalue weighted by Crippen LogP contribution is -2.38. The summed E-state index contributed by atoms with van der Waals surface area (Å²) in [4.78, 5) is 38.8. The molecule has 0 saturated heterocycles. The first-order valence-corrected chi connectivity index (χ1v) is 14.8. The highest BCUT2D eigenvalue weighted by molar-refractivity contribution is 8.01. The predicted octanol–water partition coefficient (Wildman–Crippen LogP) is 4.93. The van der Waals surface area contributed by atoms with Crippen LogP contribution in [-0.2, 0) is 9.59 Å². The van der Waals surface area contributed by atoms with Crippen LogP contribution in [0.2, 0.25) is 5.02 Å². The fourth-order valence-electron chi connectivity index (χ4n) is 4.96. The number of anilines is 2. The summed E-state index contributed by atoms with van der Waals surface area (Å²) in [7, 11) is 1.54. The molecule has 1 atom stereocenters. The van der Waals surface area contributed by atoms with Crippen LogP contribution in [0, 0.1) is 11.3 Å². The SMILES string of the molecule is COc1ccccc1C1C(C#N)=C(N)N(c2nnc(SCC(=O)Nc3ccc(Cl)c(C(=O)O)c3)s2)C2=C1C(=O)CCC2.